The Bertz CT molecular complexity index is 1050. The van der Waals surface area contributed by atoms with Gasteiger partial charge in [-0.05, 0) is 127 Å². The van der Waals surface area contributed by atoms with E-state index in [1.807, 2.05) is 0 Å². The van der Waals surface area contributed by atoms with Crippen molar-refractivity contribution in [2.75, 3.05) is 75.7 Å². The average molecular weight is 662 g/mol. The predicted molar refractivity (Wildman–Crippen MR) is 197 cm³/mol. The Balaban J connectivity index is 2.08. The van der Waals surface area contributed by atoms with Crippen molar-refractivity contribution in [2.45, 2.75) is 154 Å². The highest BCUT2D eigenvalue weighted by atomic mass is 16.5. The van der Waals surface area contributed by atoms with Gasteiger partial charge in [-0.25, -0.2) is 0 Å². The van der Waals surface area contributed by atoms with Gasteiger partial charge in [0.15, 0.2) is 0 Å². The molecule has 0 aromatic carbocycles. The Kier molecular flexibility index (Phi) is 14.5. The van der Waals surface area contributed by atoms with Gasteiger partial charge < -0.3 is 40.5 Å². The monoisotopic (exact) mass is 662 g/mol. The quantitative estimate of drug-likeness (QED) is 0.149. The lowest BCUT2D eigenvalue weighted by Crippen LogP contribution is -2.63. The number of unbranched alkanes of at least 4 members (excludes halogenated alkanes) is 3. The van der Waals surface area contributed by atoms with Crippen LogP contribution in [0.2, 0.25) is 0 Å². The van der Waals surface area contributed by atoms with E-state index in [-0.39, 0.29) is 34.8 Å². The Morgan fingerprint density at radius 2 is 1.15 bits per heavy atom. The Hall–Kier alpha value is -1.79. The molecule has 2 aliphatic rings. The lowest BCUT2D eigenvalue weighted by Gasteiger charge is -2.50. The summed E-state index contributed by atoms with van der Waals surface area (Å²) in [6.45, 7) is 23.0. The van der Waals surface area contributed by atoms with Gasteiger partial charge in [0.05, 0.1) is 0 Å². The first-order chi connectivity index (χ1) is 21.9. The van der Waals surface area contributed by atoms with Crippen LogP contribution in [0.4, 0.5) is 17.8 Å². The summed E-state index contributed by atoms with van der Waals surface area (Å²) in [6.07, 6.45) is 9.92. The molecule has 3 heterocycles. The number of rotatable bonds is 19. The zero-order valence-corrected chi connectivity index (χ0v) is 32.0. The fourth-order valence-corrected chi connectivity index (χ4v) is 8.29. The summed E-state index contributed by atoms with van der Waals surface area (Å²) < 4.78 is 5.52. The Labute approximate surface area is 287 Å². The van der Waals surface area contributed by atoms with Gasteiger partial charge in [-0.15, -0.1) is 0 Å². The third kappa shape index (κ3) is 13.2. The van der Waals surface area contributed by atoms with Crippen molar-refractivity contribution in [1.29, 1.82) is 0 Å². The van der Waals surface area contributed by atoms with E-state index in [4.69, 9.17) is 19.7 Å². The number of hydrogen-bond donors (Lipinski definition) is 4. The molecular formula is C36H71N9O2. The maximum atomic E-state index is 9.21. The molecule has 0 atom stereocenters. The number of anilines is 3. The average Bonchev–Trinajstić information content (AvgIpc) is 2.91. The SMILES string of the molecule is COCCCN(c1nc(NCCCCCCO)nc(N(CCCN(C)C)C2CC(C)(C)NC(C)(C)C2)n1)C1CC(C)(C)NC(C)(C)C1. The number of aromatic nitrogens is 3. The largest absolute Gasteiger partial charge is 0.396 e. The molecule has 3 rings (SSSR count). The van der Waals surface area contributed by atoms with Crippen LogP contribution in [0.1, 0.15) is 120 Å². The molecule has 2 saturated heterocycles. The second-order valence-electron chi connectivity index (χ2n) is 17.1. The minimum atomic E-state index is -0.0120. The zero-order chi connectivity index (χ0) is 34.9. The molecule has 47 heavy (non-hydrogen) atoms. The van der Waals surface area contributed by atoms with Gasteiger partial charge in [-0.2, -0.15) is 15.0 Å². The Morgan fingerprint density at radius 1 is 0.681 bits per heavy atom. The van der Waals surface area contributed by atoms with Crippen molar-refractivity contribution >= 4 is 17.8 Å². The summed E-state index contributed by atoms with van der Waals surface area (Å²) in [6, 6.07) is 0.572. The fraction of sp³-hybridized carbons (Fsp3) is 0.917. The molecule has 0 bridgehead atoms. The van der Waals surface area contributed by atoms with Gasteiger partial charge in [0.2, 0.25) is 17.8 Å². The Morgan fingerprint density at radius 3 is 1.60 bits per heavy atom. The standard InChI is InChI=1S/C36H71N9O2/c1-33(2)24-28(25-34(3,4)41-33)44(20-16-19-43(9)10)31-38-30(37-18-14-12-13-15-22-46)39-32(40-31)45(21-17-23-47-11)29-26-35(5,6)42-36(7,8)27-29/h28-29,41-42,46H,12-27H2,1-11H3,(H,37,38,39,40). The number of methoxy groups -OCH3 is 1. The van der Waals surface area contributed by atoms with Crippen LogP contribution in [-0.2, 0) is 4.74 Å². The molecule has 272 valence electrons. The lowest BCUT2D eigenvalue weighted by atomic mass is 9.79. The van der Waals surface area contributed by atoms with Crippen molar-refractivity contribution in [3.63, 3.8) is 0 Å². The predicted octanol–water partition coefficient (Wildman–Crippen LogP) is 5.06. The van der Waals surface area contributed by atoms with Crippen LogP contribution in [0.3, 0.4) is 0 Å². The van der Waals surface area contributed by atoms with E-state index in [9.17, 15) is 5.11 Å². The van der Waals surface area contributed by atoms with E-state index >= 15 is 0 Å². The molecule has 1 aromatic heterocycles. The molecule has 0 spiro atoms. The highest BCUT2D eigenvalue weighted by Gasteiger charge is 2.42. The molecule has 2 fully saturated rings. The van der Waals surface area contributed by atoms with Crippen LogP contribution >= 0.6 is 0 Å². The number of hydrogen-bond acceptors (Lipinski definition) is 11. The first-order valence-electron chi connectivity index (χ1n) is 18.3. The number of nitrogens with zero attached hydrogens (tertiary/aromatic N) is 6. The summed E-state index contributed by atoms with van der Waals surface area (Å²) in [5, 5.41) is 20.5. The maximum absolute atomic E-state index is 9.21. The molecule has 2 aliphatic heterocycles. The molecule has 4 N–H and O–H groups in total. The van der Waals surface area contributed by atoms with Crippen LogP contribution < -0.4 is 25.8 Å². The van der Waals surface area contributed by atoms with Gasteiger partial charge in [0.1, 0.15) is 0 Å². The van der Waals surface area contributed by atoms with Crippen molar-refractivity contribution < 1.29 is 9.84 Å². The zero-order valence-electron chi connectivity index (χ0n) is 32.0. The van der Waals surface area contributed by atoms with E-state index in [0.717, 1.165) is 102 Å². The van der Waals surface area contributed by atoms with E-state index < -0.39 is 0 Å². The number of ether oxygens (including phenoxy) is 1. The molecule has 11 nitrogen and oxygen atoms in total. The molecular weight excluding hydrogens is 590 g/mol. The summed E-state index contributed by atoms with van der Waals surface area (Å²) in [4.78, 5) is 22.9. The van der Waals surface area contributed by atoms with Crippen LogP contribution in [0.5, 0.6) is 0 Å². The summed E-state index contributed by atoms with van der Waals surface area (Å²) in [7, 11) is 6.06. The van der Waals surface area contributed by atoms with Crippen LogP contribution in [0, 0.1) is 0 Å². The van der Waals surface area contributed by atoms with Crippen LogP contribution in [-0.4, -0.2) is 120 Å². The van der Waals surface area contributed by atoms with Crippen LogP contribution in [0.15, 0.2) is 0 Å². The molecule has 0 radical (unpaired) electrons. The van der Waals surface area contributed by atoms with E-state index in [0.29, 0.717) is 18.6 Å². The first-order valence-corrected chi connectivity index (χ1v) is 18.3. The highest BCUT2D eigenvalue weighted by Crippen LogP contribution is 2.36. The highest BCUT2D eigenvalue weighted by molar-refractivity contribution is 5.47. The van der Waals surface area contributed by atoms with E-state index in [1.54, 1.807) is 7.11 Å². The number of nitrogens with one attached hydrogen (secondary N) is 3. The van der Waals surface area contributed by atoms with Gasteiger partial charge in [-0.1, -0.05) is 12.8 Å². The second kappa shape index (κ2) is 17.2. The molecule has 0 saturated carbocycles. The topological polar surface area (TPSA) is 114 Å². The van der Waals surface area contributed by atoms with Gasteiger partial charge in [0, 0.05) is 74.2 Å². The molecule has 0 unspecified atom stereocenters. The van der Waals surface area contributed by atoms with Gasteiger partial charge >= 0.3 is 0 Å². The molecule has 11 heteroatoms. The van der Waals surface area contributed by atoms with Crippen LogP contribution in [0.25, 0.3) is 0 Å². The third-order valence-electron chi connectivity index (χ3n) is 9.46. The van der Waals surface area contributed by atoms with Crippen molar-refractivity contribution in [2.24, 2.45) is 0 Å². The number of aliphatic hydroxyl groups excluding tert-OH is 1. The van der Waals surface area contributed by atoms with Crippen molar-refractivity contribution in [3.8, 4) is 0 Å². The lowest BCUT2D eigenvalue weighted by molar-refractivity contribution is 0.154. The summed E-state index contributed by atoms with van der Waals surface area (Å²) >= 11 is 0. The van der Waals surface area contributed by atoms with Crippen molar-refractivity contribution in [3.05, 3.63) is 0 Å². The summed E-state index contributed by atoms with van der Waals surface area (Å²) in [5.41, 5.74) is -0.0316. The van der Waals surface area contributed by atoms with Gasteiger partial charge in [0.25, 0.3) is 0 Å². The second-order valence-corrected chi connectivity index (χ2v) is 17.1. The van der Waals surface area contributed by atoms with E-state index in [2.05, 4.69) is 100 Å². The maximum Gasteiger partial charge on any atom is 0.232 e. The third-order valence-corrected chi connectivity index (χ3v) is 9.46. The minimum absolute atomic E-state index is 0.00380. The molecule has 0 aliphatic carbocycles. The van der Waals surface area contributed by atoms with E-state index in [1.165, 1.54) is 0 Å². The number of aliphatic hydroxyl groups is 1. The normalized spacial score (nSPS) is 20.8. The molecule has 1 aromatic rings. The smallest absolute Gasteiger partial charge is 0.232 e. The van der Waals surface area contributed by atoms with Gasteiger partial charge in [-0.3, -0.25) is 0 Å². The summed E-state index contributed by atoms with van der Waals surface area (Å²) in [5.74, 6) is 2.19. The first kappa shape index (κ1) is 39.6. The minimum Gasteiger partial charge on any atom is -0.396 e. The molecule has 0 amide bonds. The fourth-order valence-electron chi connectivity index (χ4n) is 8.29. The number of piperidine rings is 2. The van der Waals surface area contributed by atoms with Crippen molar-refractivity contribution in [1.82, 2.24) is 30.5 Å².